The van der Waals surface area contributed by atoms with Crippen LogP contribution in [0, 0.1) is 5.92 Å². The lowest BCUT2D eigenvalue weighted by atomic mass is 10.1. The first kappa shape index (κ1) is 14.2. The van der Waals surface area contributed by atoms with Crippen LogP contribution >= 0.6 is 0 Å². The highest BCUT2D eigenvalue weighted by atomic mass is 16.5. The molecule has 1 rings (SSSR count). The van der Waals surface area contributed by atoms with E-state index in [4.69, 9.17) is 4.74 Å². The predicted molar refractivity (Wildman–Crippen MR) is 67.6 cm³/mol. The average molecular weight is 250 g/mol. The van der Waals surface area contributed by atoms with Crippen molar-refractivity contribution in [2.45, 2.75) is 20.3 Å². The minimum absolute atomic E-state index is 0.0415. The zero-order chi connectivity index (χ0) is 13.4. The number of ether oxygens (including phenoxy) is 1. The Labute approximate surface area is 107 Å². The molecule has 18 heavy (non-hydrogen) atoms. The van der Waals surface area contributed by atoms with Crippen LogP contribution in [0.2, 0.25) is 0 Å². The molecule has 0 aromatic carbocycles. The SMILES string of the molecule is CC(C)CCNC(=O)COc1ccc(C=O)nc1. The van der Waals surface area contributed by atoms with E-state index in [0.717, 1.165) is 6.42 Å². The Hall–Kier alpha value is -1.91. The molecule has 0 unspecified atom stereocenters. The zero-order valence-electron chi connectivity index (χ0n) is 10.7. The van der Waals surface area contributed by atoms with E-state index in [0.29, 0.717) is 30.2 Å². The third kappa shape index (κ3) is 5.43. The number of hydrogen-bond acceptors (Lipinski definition) is 4. The van der Waals surface area contributed by atoms with Crippen LogP contribution in [0.15, 0.2) is 18.3 Å². The maximum Gasteiger partial charge on any atom is 0.257 e. The van der Waals surface area contributed by atoms with Crippen molar-refractivity contribution in [3.8, 4) is 5.75 Å². The van der Waals surface area contributed by atoms with E-state index in [1.165, 1.54) is 6.20 Å². The van der Waals surface area contributed by atoms with Crippen molar-refractivity contribution >= 4 is 12.2 Å². The summed E-state index contributed by atoms with van der Waals surface area (Å²) in [6.45, 7) is 4.81. The van der Waals surface area contributed by atoms with Gasteiger partial charge in [-0.05, 0) is 24.5 Å². The monoisotopic (exact) mass is 250 g/mol. The molecule has 1 aromatic rings. The molecule has 0 saturated heterocycles. The Morgan fingerprint density at radius 2 is 2.28 bits per heavy atom. The van der Waals surface area contributed by atoms with Crippen molar-refractivity contribution in [1.82, 2.24) is 10.3 Å². The van der Waals surface area contributed by atoms with Crippen LogP contribution in [0.4, 0.5) is 0 Å². The van der Waals surface area contributed by atoms with E-state index in [9.17, 15) is 9.59 Å². The molecule has 1 N–H and O–H groups in total. The summed E-state index contributed by atoms with van der Waals surface area (Å²) in [7, 11) is 0. The summed E-state index contributed by atoms with van der Waals surface area (Å²) in [5.74, 6) is 0.876. The molecule has 0 aliphatic carbocycles. The quantitative estimate of drug-likeness (QED) is 0.743. The molecule has 0 fully saturated rings. The van der Waals surface area contributed by atoms with Crippen LogP contribution < -0.4 is 10.1 Å². The third-order valence-corrected chi connectivity index (χ3v) is 2.29. The van der Waals surface area contributed by atoms with Gasteiger partial charge >= 0.3 is 0 Å². The highest BCUT2D eigenvalue weighted by molar-refractivity contribution is 5.77. The van der Waals surface area contributed by atoms with Gasteiger partial charge in [0, 0.05) is 6.54 Å². The average Bonchev–Trinajstić information content (AvgIpc) is 2.36. The van der Waals surface area contributed by atoms with E-state index < -0.39 is 0 Å². The Morgan fingerprint density at radius 3 is 2.83 bits per heavy atom. The van der Waals surface area contributed by atoms with Gasteiger partial charge in [-0.1, -0.05) is 13.8 Å². The second-order valence-electron chi connectivity index (χ2n) is 4.36. The fourth-order valence-electron chi connectivity index (χ4n) is 1.25. The Morgan fingerprint density at radius 1 is 1.50 bits per heavy atom. The van der Waals surface area contributed by atoms with Crippen molar-refractivity contribution < 1.29 is 14.3 Å². The molecule has 0 atom stereocenters. The first-order valence-electron chi connectivity index (χ1n) is 5.92. The predicted octanol–water partition coefficient (Wildman–Crippen LogP) is 1.44. The molecule has 98 valence electrons. The van der Waals surface area contributed by atoms with Gasteiger partial charge in [0.05, 0.1) is 6.20 Å². The summed E-state index contributed by atoms with van der Waals surface area (Å²) in [6, 6.07) is 3.15. The van der Waals surface area contributed by atoms with Crippen molar-refractivity contribution in [2.24, 2.45) is 5.92 Å². The highest BCUT2D eigenvalue weighted by Gasteiger charge is 2.03. The molecular formula is C13H18N2O3. The summed E-state index contributed by atoms with van der Waals surface area (Å²) in [5.41, 5.74) is 0.337. The summed E-state index contributed by atoms with van der Waals surface area (Å²) in [4.78, 5) is 25.6. The van der Waals surface area contributed by atoms with Crippen LogP contribution in [0.5, 0.6) is 5.75 Å². The molecule has 0 aliphatic heterocycles. The number of carbonyl (C=O) groups is 2. The molecule has 0 radical (unpaired) electrons. The number of nitrogens with zero attached hydrogens (tertiary/aromatic N) is 1. The number of pyridine rings is 1. The van der Waals surface area contributed by atoms with Crippen LogP contribution in [-0.2, 0) is 4.79 Å². The fraction of sp³-hybridized carbons (Fsp3) is 0.462. The Bertz CT molecular complexity index is 388. The molecule has 0 bridgehead atoms. The van der Waals surface area contributed by atoms with Crippen LogP contribution in [-0.4, -0.2) is 30.3 Å². The van der Waals surface area contributed by atoms with Crippen LogP contribution in [0.1, 0.15) is 30.8 Å². The van der Waals surface area contributed by atoms with E-state index in [-0.39, 0.29) is 12.5 Å². The van der Waals surface area contributed by atoms with Gasteiger partial charge in [-0.15, -0.1) is 0 Å². The molecule has 5 nitrogen and oxygen atoms in total. The lowest BCUT2D eigenvalue weighted by molar-refractivity contribution is -0.123. The molecule has 0 saturated carbocycles. The van der Waals surface area contributed by atoms with E-state index >= 15 is 0 Å². The van der Waals surface area contributed by atoms with Gasteiger partial charge in [-0.3, -0.25) is 9.59 Å². The molecule has 0 aliphatic rings. The summed E-state index contributed by atoms with van der Waals surface area (Å²) in [6.07, 6.45) is 3.02. The van der Waals surface area contributed by atoms with Crippen molar-refractivity contribution in [3.05, 3.63) is 24.0 Å². The van der Waals surface area contributed by atoms with Gasteiger partial charge in [0.1, 0.15) is 11.4 Å². The van der Waals surface area contributed by atoms with E-state index in [1.54, 1.807) is 12.1 Å². The van der Waals surface area contributed by atoms with E-state index in [1.807, 2.05) is 0 Å². The number of aromatic nitrogens is 1. The smallest absolute Gasteiger partial charge is 0.257 e. The van der Waals surface area contributed by atoms with Crippen molar-refractivity contribution in [3.63, 3.8) is 0 Å². The number of nitrogens with one attached hydrogen (secondary N) is 1. The second-order valence-corrected chi connectivity index (χ2v) is 4.36. The van der Waals surface area contributed by atoms with Crippen molar-refractivity contribution in [2.75, 3.05) is 13.2 Å². The lowest BCUT2D eigenvalue weighted by Gasteiger charge is -2.08. The van der Waals surface area contributed by atoms with Gasteiger partial charge in [0.2, 0.25) is 0 Å². The Kier molecular flexibility index (Phi) is 5.84. The third-order valence-electron chi connectivity index (χ3n) is 2.29. The van der Waals surface area contributed by atoms with Crippen molar-refractivity contribution in [1.29, 1.82) is 0 Å². The lowest BCUT2D eigenvalue weighted by Crippen LogP contribution is -2.30. The van der Waals surface area contributed by atoms with Gasteiger partial charge in [0.25, 0.3) is 5.91 Å². The molecule has 1 aromatic heterocycles. The minimum Gasteiger partial charge on any atom is -0.482 e. The first-order chi connectivity index (χ1) is 8.61. The molecular weight excluding hydrogens is 232 g/mol. The maximum atomic E-state index is 11.4. The number of rotatable bonds is 7. The highest BCUT2D eigenvalue weighted by Crippen LogP contribution is 2.07. The fourth-order valence-corrected chi connectivity index (χ4v) is 1.25. The molecule has 1 heterocycles. The second kappa shape index (κ2) is 7.42. The van der Waals surface area contributed by atoms with E-state index in [2.05, 4.69) is 24.1 Å². The van der Waals surface area contributed by atoms with Gasteiger partial charge < -0.3 is 10.1 Å². The summed E-state index contributed by atoms with van der Waals surface area (Å²) < 4.78 is 5.23. The minimum atomic E-state index is -0.157. The van der Waals surface area contributed by atoms with Crippen LogP contribution in [0.25, 0.3) is 0 Å². The number of carbonyl (C=O) groups excluding carboxylic acids is 2. The molecule has 5 heteroatoms. The molecule has 0 spiro atoms. The van der Waals surface area contributed by atoms with Gasteiger partial charge in [-0.25, -0.2) is 4.98 Å². The summed E-state index contributed by atoms with van der Waals surface area (Å²) in [5, 5.41) is 2.77. The standard InChI is InChI=1S/C13H18N2O3/c1-10(2)5-6-14-13(17)9-18-12-4-3-11(8-16)15-7-12/h3-4,7-8,10H,5-6,9H2,1-2H3,(H,14,17). The van der Waals surface area contributed by atoms with Gasteiger partial charge in [0.15, 0.2) is 12.9 Å². The number of aldehydes is 1. The first-order valence-corrected chi connectivity index (χ1v) is 5.92. The Balaban J connectivity index is 2.26. The number of amides is 1. The largest absolute Gasteiger partial charge is 0.482 e. The van der Waals surface area contributed by atoms with Crippen LogP contribution in [0.3, 0.4) is 0 Å². The zero-order valence-corrected chi connectivity index (χ0v) is 10.7. The number of hydrogen-bond donors (Lipinski definition) is 1. The normalized spacial score (nSPS) is 10.2. The summed E-state index contributed by atoms with van der Waals surface area (Å²) >= 11 is 0. The topological polar surface area (TPSA) is 68.3 Å². The van der Waals surface area contributed by atoms with Gasteiger partial charge in [-0.2, -0.15) is 0 Å². The maximum absolute atomic E-state index is 11.4. The molecule has 1 amide bonds.